The fourth-order valence-electron chi connectivity index (χ4n) is 5.59. The van der Waals surface area contributed by atoms with Crippen molar-refractivity contribution in [2.24, 2.45) is 17.6 Å². The molecule has 13 heteroatoms. The molecule has 2 aliphatic carbocycles. The number of carbonyl (C=O) groups is 2. The van der Waals surface area contributed by atoms with Crippen LogP contribution >= 0.6 is 11.6 Å². The van der Waals surface area contributed by atoms with Gasteiger partial charge >= 0.3 is 0 Å². The van der Waals surface area contributed by atoms with Gasteiger partial charge in [0.15, 0.2) is 21.5 Å². The van der Waals surface area contributed by atoms with Crippen molar-refractivity contribution in [1.29, 1.82) is 0 Å². The number of sulfone groups is 1. The molecule has 2 unspecified atom stereocenters. The molecule has 0 heterocycles. The fourth-order valence-corrected chi connectivity index (χ4v) is 7.99. The lowest BCUT2D eigenvalue weighted by molar-refractivity contribution is -0.133. The number of rotatable bonds is 9. The first kappa shape index (κ1) is 29.3. The van der Waals surface area contributed by atoms with Gasteiger partial charge in [0.05, 0.1) is 33.7 Å². The number of fused-ring (bicyclic) bond motifs is 2. The summed E-state index contributed by atoms with van der Waals surface area (Å²) in [4.78, 5) is 25.0. The summed E-state index contributed by atoms with van der Waals surface area (Å²) in [5.74, 6) is -4.18. The van der Waals surface area contributed by atoms with Crippen LogP contribution in [0.5, 0.6) is 0 Å². The first-order chi connectivity index (χ1) is 18.3. The maximum atomic E-state index is 13.7. The fraction of sp³-hybridized carbons (Fsp3) is 0.462. The largest absolute Gasteiger partial charge is 0.389 e. The van der Waals surface area contributed by atoms with Crippen molar-refractivity contribution in [3.05, 3.63) is 58.6 Å². The number of amides is 2. The summed E-state index contributed by atoms with van der Waals surface area (Å²) in [6.45, 7) is 0.0796. The van der Waals surface area contributed by atoms with Crippen LogP contribution in [0.25, 0.3) is 0 Å². The number of nitrogens with two attached hydrogens (primary N) is 1. The summed E-state index contributed by atoms with van der Waals surface area (Å²) in [6.07, 6.45) is 0.543. The number of benzene rings is 2. The van der Waals surface area contributed by atoms with Crippen LogP contribution < -0.4 is 16.4 Å². The minimum Gasteiger partial charge on any atom is -0.389 e. The van der Waals surface area contributed by atoms with Gasteiger partial charge in [-0.2, -0.15) is 0 Å². The Morgan fingerprint density at radius 3 is 2.44 bits per heavy atom. The molecular formula is C26H30ClF2N3O6S. The molecule has 39 heavy (non-hydrogen) atoms. The molecular weight excluding hydrogens is 556 g/mol. The minimum atomic E-state index is -4.03. The number of aliphatic hydroxyl groups is 1. The highest BCUT2D eigenvalue weighted by Crippen LogP contribution is 2.53. The number of carbonyl (C=O) groups excluding carboxylic acids is 2. The summed E-state index contributed by atoms with van der Waals surface area (Å²) < 4.78 is 59.0. The Balaban J connectivity index is 1.50. The van der Waals surface area contributed by atoms with E-state index in [1.807, 2.05) is 0 Å². The number of hydrogen-bond acceptors (Lipinski definition) is 7. The first-order valence-corrected chi connectivity index (χ1v) is 14.3. The number of anilines is 1. The number of methoxy groups -OCH3 is 1. The Morgan fingerprint density at radius 2 is 1.82 bits per heavy atom. The third-order valence-corrected chi connectivity index (χ3v) is 10.4. The third kappa shape index (κ3) is 6.09. The Bertz CT molecular complexity index is 1360. The maximum Gasteiger partial charge on any atom is 0.255 e. The molecule has 0 spiro atoms. The summed E-state index contributed by atoms with van der Waals surface area (Å²) in [5.41, 5.74) is 4.25. The van der Waals surface area contributed by atoms with E-state index in [0.717, 1.165) is 18.2 Å². The Labute approximate surface area is 230 Å². The number of nitrogens with one attached hydrogen (secondary N) is 2. The molecule has 4 rings (SSSR count). The quantitative estimate of drug-likeness (QED) is 0.331. The van der Waals surface area contributed by atoms with Crippen molar-refractivity contribution in [3.8, 4) is 0 Å². The van der Waals surface area contributed by atoms with Gasteiger partial charge in [0.25, 0.3) is 5.91 Å². The van der Waals surface area contributed by atoms with Gasteiger partial charge in [-0.15, -0.1) is 0 Å². The zero-order valence-corrected chi connectivity index (χ0v) is 22.7. The second kappa shape index (κ2) is 11.5. The highest BCUT2D eigenvalue weighted by molar-refractivity contribution is 7.92. The van der Waals surface area contributed by atoms with Gasteiger partial charge in [0, 0.05) is 24.4 Å². The van der Waals surface area contributed by atoms with Gasteiger partial charge in [-0.25, -0.2) is 17.2 Å². The molecule has 2 aliphatic rings. The molecule has 0 aromatic heterocycles. The van der Waals surface area contributed by atoms with E-state index in [4.69, 9.17) is 22.1 Å². The van der Waals surface area contributed by atoms with E-state index in [2.05, 4.69) is 10.6 Å². The van der Waals surface area contributed by atoms with Crippen LogP contribution in [0.15, 0.2) is 41.3 Å². The van der Waals surface area contributed by atoms with Gasteiger partial charge < -0.3 is 26.2 Å². The van der Waals surface area contributed by atoms with Crippen LogP contribution in [-0.2, 0) is 19.4 Å². The van der Waals surface area contributed by atoms with Crippen molar-refractivity contribution in [2.45, 2.75) is 54.1 Å². The lowest BCUT2D eigenvalue weighted by Crippen LogP contribution is -2.51. The van der Waals surface area contributed by atoms with Crippen molar-refractivity contribution < 1.29 is 36.6 Å². The smallest absolute Gasteiger partial charge is 0.255 e. The predicted molar refractivity (Wildman–Crippen MR) is 140 cm³/mol. The second-order valence-corrected chi connectivity index (χ2v) is 12.7. The molecule has 3 atom stereocenters. The van der Waals surface area contributed by atoms with Crippen molar-refractivity contribution in [3.63, 3.8) is 0 Å². The molecule has 2 saturated carbocycles. The van der Waals surface area contributed by atoms with E-state index in [1.54, 1.807) is 0 Å². The average Bonchev–Trinajstić information content (AvgIpc) is 3.05. The predicted octanol–water partition coefficient (Wildman–Crippen LogP) is 3.00. The molecule has 0 saturated heterocycles. The molecule has 2 aromatic carbocycles. The van der Waals surface area contributed by atoms with Crippen LogP contribution in [0.1, 0.15) is 42.5 Å². The summed E-state index contributed by atoms with van der Waals surface area (Å²) in [7, 11) is -2.62. The molecule has 0 radical (unpaired) electrons. The number of hydrogen-bond donors (Lipinski definition) is 4. The van der Waals surface area contributed by atoms with Crippen molar-refractivity contribution in [2.75, 3.05) is 19.0 Å². The molecule has 5 N–H and O–H groups in total. The van der Waals surface area contributed by atoms with Crippen LogP contribution in [0.3, 0.4) is 0 Å². The van der Waals surface area contributed by atoms with E-state index < -0.39 is 62.2 Å². The summed E-state index contributed by atoms with van der Waals surface area (Å²) in [5, 5.41) is 15.5. The normalized spacial score (nSPS) is 25.2. The molecule has 2 aromatic rings. The lowest BCUT2D eigenvalue weighted by Gasteiger charge is -2.42. The van der Waals surface area contributed by atoms with Gasteiger partial charge in [-0.3, -0.25) is 9.59 Å². The minimum absolute atomic E-state index is 0.00496. The summed E-state index contributed by atoms with van der Waals surface area (Å²) in [6, 6.07) is 6.62. The topological polar surface area (TPSA) is 148 Å². The van der Waals surface area contributed by atoms with Gasteiger partial charge in [0.1, 0.15) is 6.23 Å². The molecule has 2 fully saturated rings. The van der Waals surface area contributed by atoms with Crippen molar-refractivity contribution >= 4 is 38.9 Å². The zero-order valence-electron chi connectivity index (χ0n) is 21.1. The zero-order chi connectivity index (χ0) is 28.5. The molecule has 9 nitrogen and oxygen atoms in total. The van der Waals surface area contributed by atoms with E-state index in [1.165, 1.54) is 25.3 Å². The van der Waals surface area contributed by atoms with Crippen LogP contribution in [0, 0.1) is 23.5 Å². The van der Waals surface area contributed by atoms with E-state index in [9.17, 15) is 31.9 Å². The molecule has 0 aliphatic heterocycles. The Morgan fingerprint density at radius 1 is 1.15 bits per heavy atom. The van der Waals surface area contributed by atoms with Crippen LogP contribution in [0.4, 0.5) is 14.5 Å². The van der Waals surface area contributed by atoms with Gasteiger partial charge in [-0.05, 0) is 67.9 Å². The van der Waals surface area contributed by atoms with E-state index in [0.29, 0.717) is 12.8 Å². The van der Waals surface area contributed by atoms with Crippen LogP contribution in [0.2, 0.25) is 5.02 Å². The Hall–Kier alpha value is -2.64. The van der Waals surface area contributed by atoms with Crippen molar-refractivity contribution in [1.82, 2.24) is 5.32 Å². The number of ether oxygens (including phenoxy) is 1. The lowest BCUT2D eigenvalue weighted by atomic mass is 9.72. The highest BCUT2D eigenvalue weighted by atomic mass is 35.5. The second-order valence-electron chi connectivity index (χ2n) is 10.1. The van der Waals surface area contributed by atoms with Gasteiger partial charge in [-0.1, -0.05) is 11.6 Å². The van der Waals surface area contributed by atoms with Crippen LogP contribution in [-0.4, -0.2) is 56.1 Å². The van der Waals surface area contributed by atoms with E-state index in [-0.39, 0.29) is 47.0 Å². The average molecular weight is 586 g/mol. The SMILES string of the molecule is CO[C@H](N)CNC(=O)CC1(O)C2CCC1CC(S(=O)(=O)c1cc(C(=O)Nc3ccc(F)c(F)c3)ccc1Cl)C2. The monoisotopic (exact) mass is 585 g/mol. The molecule has 2 amide bonds. The first-order valence-electron chi connectivity index (χ1n) is 12.4. The standard InChI is InChI=1S/C26H30ClF2N3O6S/c1-38-23(30)13-31-24(33)12-26(35)15-3-4-16(26)10-18(9-15)39(36,37)22-8-14(2-6-19(22)27)25(34)32-17-5-7-20(28)21(29)11-17/h2,5-8,11,15-16,18,23,35H,3-4,9-10,12-13,30H2,1H3,(H,31,33)(H,32,34)/t15?,16?,18?,23-,26?/m0/s1. The third-order valence-electron chi connectivity index (χ3n) is 7.74. The van der Waals surface area contributed by atoms with E-state index >= 15 is 0 Å². The number of halogens is 3. The highest BCUT2D eigenvalue weighted by Gasteiger charge is 2.56. The summed E-state index contributed by atoms with van der Waals surface area (Å²) >= 11 is 6.26. The van der Waals surface area contributed by atoms with Gasteiger partial charge in [0.2, 0.25) is 5.91 Å². The molecule has 212 valence electrons. The maximum absolute atomic E-state index is 13.7. The molecule has 2 bridgehead atoms. The Kier molecular flexibility index (Phi) is 8.62.